The molecule has 1 aromatic heterocycles. The van der Waals surface area contributed by atoms with E-state index < -0.39 is 45.4 Å². The summed E-state index contributed by atoms with van der Waals surface area (Å²) >= 11 is 0. The number of aliphatic hydroxyl groups is 1. The zero-order valence-corrected chi connectivity index (χ0v) is 24.1. The third-order valence-electron chi connectivity index (χ3n) is 6.09. The Kier molecular flexibility index (Phi) is 11.0. The number of amides is 3. The molecule has 0 spiro atoms. The van der Waals surface area contributed by atoms with Gasteiger partial charge in [-0.3, -0.25) is 14.4 Å². The Hall–Kier alpha value is -2.16. The molecule has 2 aromatic rings. The average molecular weight is 547 g/mol. The number of fused-ring (bicyclic) bond motifs is 1. The van der Waals surface area contributed by atoms with E-state index in [1.54, 1.807) is 24.3 Å². The monoisotopic (exact) mass is 546 g/mol. The predicted octanol–water partition coefficient (Wildman–Crippen LogP) is -2.80. The Balaban J connectivity index is 0.00000481. The van der Waals surface area contributed by atoms with E-state index in [1.807, 2.05) is 13.8 Å². The van der Waals surface area contributed by atoms with Crippen molar-refractivity contribution in [1.29, 1.82) is 0 Å². The van der Waals surface area contributed by atoms with E-state index in [2.05, 4.69) is 20.9 Å². The molecular formula is C23H31N4NaO8S. The molecule has 1 aliphatic rings. The molecule has 0 saturated carbocycles. The van der Waals surface area contributed by atoms with E-state index in [9.17, 15) is 32.5 Å². The van der Waals surface area contributed by atoms with Crippen LogP contribution >= 0.6 is 0 Å². The average Bonchev–Trinajstić information content (AvgIpc) is 3.42. The number of H-pyrrole nitrogens is 1. The van der Waals surface area contributed by atoms with Crippen LogP contribution in [0.2, 0.25) is 0 Å². The third kappa shape index (κ3) is 7.91. The summed E-state index contributed by atoms with van der Waals surface area (Å²) in [6.07, 6.45) is 0.315. The number of methoxy groups -OCH3 is 1. The molecule has 1 aliphatic heterocycles. The molecule has 5 N–H and O–H groups in total. The number of hydrogen-bond acceptors (Lipinski definition) is 8. The van der Waals surface area contributed by atoms with Gasteiger partial charge in [0.05, 0.1) is 13.2 Å². The van der Waals surface area contributed by atoms with Gasteiger partial charge in [-0.15, -0.1) is 0 Å². The molecule has 198 valence electrons. The molecule has 1 saturated heterocycles. The van der Waals surface area contributed by atoms with Gasteiger partial charge in [0.1, 0.15) is 27.6 Å². The SMILES string of the molecule is COc1cccc2[nH]c(C(=O)NC(CC(C)C)C(=O)NC(C[C@@H]3CCNC3=O)C(O)S(=O)(=O)[O-])cc12.[Na+]. The van der Waals surface area contributed by atoms with Crippen LogP contribution in [-0.2, 0) is 19.7 Å². The minimum absolute atomic E-state index is 0. The summed E-state index contributed by atoms with van der Waals surface area (Å²) in [5, 5.41) is 18.4. The van der Waals surface area contributed by atoms with Crippen molar-refractivity contribution in [3.63, 3.8) is 0 Å². The van der Waals surface area contributed by atoms with Crippen LogP contribution in [0, 0.1) is 11.8 Å². The van der Waals surface area contributed by atoms with E-state index >= 15 is 0 Å². The number of nitrogens with one attached hydrogen (secondary N) is 4. The quantitative estimate of drug-likeness (QED) is 0.147. The molecule has 3 rings (SSSR count). The van der Waals surface area contributed by atoms with Gasteiger partial charge in [-0.2, -0.15) is 0 Å². The van der Waals surface area contributed by atoms with Crippen molar-refractivity contribution in [1.82, 2.24) is 20.9 Å². The number of rotatable bonds is 11. The van der Waals surface area contributed by atoms with Crippen LogP contribution in [-0.4, -0.2) is 72.0 Å². The Labute approximate surface area is 237 Å². The number of aliphatic hydroxyl groups excluding tert-OH is 1. The van der Waals surface area contributed by atoms with E-state index in [0.29, 0.717) is 29.6 Å². The van der Waals surface area contributed by atoms with Crippen LogP contribution in [0.5, 0.6) is 5.75 Å². The number of benzene rings is 1. The number of carbonyl (C=O) groups excluding carboxylic acids is 3. The van der Waals surface area contributed by atoms with Crippen molar-refractivity contribution < 1.29 is 66.8 Å². The number of carbonyl (C=O) groups is 3. The Morgan fingerprint density at radius 2 is 1.97 bits per heavy atom. The van der Waals surface area contributed by atoms with Crippen molar-refractivity contribution in [2.24, 2.45) is 11.8 Å². The molecule has 2 heterocycles. The maximum atomic E-state index is 13.2. The second-order valence-electron chi connectivity index (χ2n) is 9.27. The largest absolute Gasteiger partial charge is 1.00 e. The van der Waals surface area contributed by atoms with Gasteiger partial charge in [0.25, 0.3) is 5.91 Å². The van der Waals surface area contributed by atoms with E-state index in [1.165, 1.54) is 7.11 Å². The van der Waals surface area contributed by atoms with Gasteiger partial charge >= 0.3 is 29.6 Å². The van der Waals surface area contributed by atoms with Gasteiger partial charge in [-0.25, -0.2) is 8.42 Å². The summed E-state index contributed by atoms with van der Waals surface area (Å²) in [7, 11) is -3.68. The summed E-state index contributed by atoms with van der Waals surface area (Å²) in [6, 6.07) is 4.22. The first-order valence-corrected chi connectivity index (χ1v) is 13.0. The van der Waals surface area contributed by atoms with Gasteiger partial charge in [0.2, 0.25) is 11.8 Å². The summed E-state index contributed by atoms with van der Waals surface area (Å²) in [6.45, 7) is 4.03. The van der Waals surface area contributed by atoms with Gasteiger partial charge < -0.3 is 35.3 Å². The summed E-state index contributed by atoms with van der Waals surface area (Å²) < 4.78 is 39.9. The number of aromatic amines is 1. The summed E-state index contributed by atoms with van der Waals surface area (Å²) in [5.74, 6) is -1.88. The minimum atomic E-state index is -5.19. The number of ether oxygens (including phenoxy) is 1. The van der Waals surface area contributed by atoms with Gasteiger partial charge in [-0.1, -0.05) is 19.9 Å². The first-order chi connectivity index (χ1) is 16.9. The first kappa shape index (κ1) is 31.1. The summed E-state index contributed by atoms with van der Waals surface area (Å²) in [4.78, 5) is 41.1. The van der Waals surface area contributed by atoms with E-state index in [4.69, 9.17) is 4.74 Å². The molecule has 4 atom stereocenters. The second kappa shape index (κ2) is 13.1. The third-order valence-corrected chi connectivity index (χ3v) is 7.01. The van der Waals surface area contributed by atoms with Crippen LogP contribution in [0.3, 0.4) is 0 Å². The maximum Gasteiger partial charge on any atom is 1.00 e. The Morgan fingerprint density at radius 3 is 2.54 bits per heavy atom. The van der Waals surface area contributed by atoms with Crippen molar-refractivity contribution in [3.8, 4) is 5.75 Å². The van der Waals surface area contributed by atoms with Crippen molar-refractivity contribution in [2.75, 3.05) is 13.7 Å². The number of hydrogen-bond donors (Lipinski definition) is 5. The Morgan fingerprint density at radius 1 is 1.27 bits per heavy atom. The molecule has 0 aliphatic carbocycles. The zero-order valence-electron chi connectivity index (χ0n) is 21.2. The number of aromatic nitrogens is 1. The molecule has 0 radical (unpaired) electrons. The normalized spacial score (nSPS) is 18.0. The minimum Gasteiger partial charge on any atom is -0.746 e. The van der Waals surface area contributed by atoms with Crippen LogP contribution in [0.4, 0.5) is 0 Å². The molecule has 37 heavy (non-hydrogen) atoms. The predicted molar refractivity (Wildman–Crippen MR) is 129 cm³/mol. The van der Waals surface area contributed by atoms with E-state index in [-0.39, 0.29) is 59.9 Å². The second-order valence-corrected chi connectivity index (χ2v) is 10.7. The van der Waals surface area contributed by atoms with Crippen LogP contribution in [0.25, 0.3) is 10.9 Å². The van der Waals surface area contributed by atoms with Crippen molar-refractivity contribution >= 4 is 38.7 Å². The molecule has 1 fully saturated rings. The van der Waals surface area contributed by atoms with E-state index in [0.717, 1.165) is 0 Å². The fraction of sp³-hybridized carbons (Fsp3) is 0.522. The maximum absolute atomic E-state index is 13.2. The fourth-order valence-corrected chi connectivity index (χ4v) is 4.86. The molecule has 12 nitrogen and oxygen atoms in total. The van der Waals surface area contributed by atoms with Gasteiger partial charge in [0, 0.05) is 23.4 Å². The van der Waals surface area contributed by atoms with Crippen molar-refractivity contribution in [2.45, 2.75) is 50.6 Å². The van der Waals surface area contributed by atoms with Crippen LogP contribution in [0.1, 0.15) is 43.6 Å². The van der Waals surface area contributed by atoms with Crippen LogP contribution in [0.15, 0.2) is 24.3 Å². The Bertz CT molecular complexity index is 1230. The van der Waals surface area contributed by atoms with Gasteiger partial charge in [0.15, 0.2) is 5.44 Å². The first-order valence-electron chi connectivity index (χ1n) is 11.6. The molecule has 0 bridgehead atoms. The smallest absolute Gasteiger partial charge is 0.746 e. The molecule has 3 unspecified atom stereocenters. The summed E-state index contributed by atoms with van der Waals surface area (Å²) in [5.41, 5.74) is -1.62. The molecule has 3 amide bonds. The van der Waals surface area contributed by atoms with Gasteiger partial charge in [-0.05, 0) is 43.4 Å². The molecular weight excluding hydrogens is 515 g/mol. The van der Waals surface area contributed by atoms with Crippen molar-refractivity contribution in [3.05, 3.63) is 30.0 Å². The fourth-order valence-electron chi connectivity index (χ4n) is 4.27. The molecule has 14 heteroatoms. The zero-order chi connectivity index (χ0) is 26.6. The molecule has 1 aromatic carbocycles. The standard InChI is InChI=1S/C23H32N4O8S.Na/c1-12(2)9-16(26-22(30)17-11-14-15(25-17)5-4-6-19(14)35-3)21(29)27-18(23(31)36(32,33)34)10-13-7-8-24-20(13)28;/h4-6,11-13,16,18,23,25,31H,7-10H2,1-3H3,(H,24,28)(H,26,30)(H,27,29)(H,32,33,34);/q;+1/p-1/t13-,16?,18?,23?;/m0./s1. The van der Waals surface area contributed by atoms with Crippen LogP contribution < -0.4 is 50.2 Å². The topological polar surface area (TPSA) is 190 Å².